The summed E-state index contributed by atoms with van der Waals surface area (Å²) in [5.41, 5.74) is 4.70. The minimum absolute atomic E-state index is 0.785. The van der Waals surface area contributed by atoms with Gasteiger partial charge >= 0.3 is 0 Å². The Labute approximate surface area is 118 Å². The molecule has 0 fully saturated rings. The van der Waals surface area contributed by atoms with E-state index in [0.717, 1.165) is 41.5 Å². The molecule has 0 aliphatic carbocycles. The van der Waals surface area contributed by atoms with Crippen molar-refractivity contribution in [1.82, 2.24) is 5.32 Å². The largest absolute Gasteiger partial charge is 0.493 e. The number of benzene rings is 2. The lowest BCUT2D eigenvalue weighted by atomic mass is 10.0. The highest BCUT2D eigenvalue weighted by Crippen LogP contribution is 2.34. The minimum atomic E-state index is 0.785. The Morgan fingerprint density at radius 1 is 1.21 bits per heavy atom. The van der Waals surface area contributed by atoms with E-state index in [9.17, 15) is 0 Å². The first-order chi connectivity index (χ1) is 9.28. The molecule has 2 nitrogen and oxygen atoms in total. The molecule has 0 unspecified atom stereocenters. The average molecular weight is 274 g/mol. The number of ether oxygens (including phenoxy) is 1. The molecule has 1 heterocycles. The van der Waals surface area contributed by atoms with E-state index in [1.54, 1.807) is 0 Å². The molecule has 0 saturated carbocycles. The number of halogens is 1. The first kappa shape index (κ1) is 12.5. The monoisotopic (exact) mass is 273 g/mol. The molecule has 3 rings (SSSR count). The Morgan fingerprint density at radius 3 is 2.89 bits per heavy atom. The molecule has 1 aliphatic rings. The van der Waals surface area contributed by atoms with Crippen molar-refractivity contribution < 1.29 is 4.74 Å². The van der Waals surface area contributed by atoms with Crippen LogP contribution in [0.25, 0.3) is 11.1 Å². The molecule has 1 N–H and O–H groups in total. The lowest BCUT2D eigenvalue weighted by molar-refractivity contribution is 0.357. The van der Waals surface area contributed by atoms with Crippen molar-refractivity contribution in [2.75, 3.05) is 13.7 Å². The molecule has 0 atom stereocenters. The van der Waals surface area contributed by atoms with Crippen LogP contribution in [0.5, 0.6) is 5.75 Å². The van der Waals surface area contributed by atoms with Gasteiger partial charge in [0.25, 0.3) is 0 Å². The second kappa shape index (κ2) is 5.24. The average Bonchev–Trinajstić information content (AvgIpc) is 2.86. The summed E-state index contributed by atoms with van der Waals surface area (Å²) in [4.78, 5) is 0. The molecular weight excluding hydrogens is 258 g/mol. The van der Waals surface area contributed by atoms with Gasteiger partial charge in [0, 0.05) is 23.6 Å². The van der Waals surface area contributed by atoms with Crippen molar-refractivity contribution in [1.29, 1.82) is 0 Å². The number of fused-ring (bicyclic) bond motifs is 1. The molecule has 0 aromatic heterocycles. The first-order valence-electron chi connectivity index (χ1n) is 6.47. The molecule has 3 heteroatoms. The molecule has 0 bridgehead atoms. The van der Waals surface area contributed by atoms with Crippen LogP contribution in [0.15, 0.2) is 36.4 Å². The van der Waals surface area contributed by atoms with Gasteiger partial charge in [-0.2, -0.15) is 0 Å². The fourth-order valence-electron chi connectivity index (χ4n) is 2.46. The highest BCUT2D eigenvalue weighted by atomic mass is 35.5. The molecule has 2 aromatic carbocycles. The minimum Gasteiger partial charge on any atom is -0.493 e. The van der Waals surface area contributed by atoms with Crippen LogP contribution < -0.4 is 10.1 Å². The maximum Gasteiger partial charge on any atom is 0.122 e. The SMILES string of the molecule is CNCc1ccc(-c2ccc3c(c2)CCO3)c(Cl)c1. The third kappa shape index (κ3) is 2.46. The van der Waals surface area contributed by atoms with E-state index in [2.05, 4.69) is 29.6 Å². The third-order valence-electron chi connectivity index (χ3n) is 3.41. The smallest absolute Gasteiger partial charge is 0.122 e. The summed E-state index contributed by atoms with van der Waals surface area (Å²) in [6.45, 7) is 1.62. The Kier molecular flexibility index (Phi) is 3.45. The lowest BCUT2D eigenvalue weighted by Crippen LogP contribution is -2.04. The number of rotatable bonds is 3. The summed E-state index contributed by atoms with van der Waals surface area (Å²) in [6.07, 6.45) is 0.985. The molecule has 98 valence electrons. The zero-order valence-corrected chi connectivity index (χ0v) is 11.6. The Hall–Kier alpha value is -1.51. The summed E-state index contributed by atoms with van der Waals surface area (Å²) >= 11 is 6.39. The van der Waals surface area contributed by atoms with E-state index >= 15 is 0 Å². The summed E-state index contributed by atoms with van der Waals surface area (Å²) < 4.78 is 5.53. The summed E-state index contributed by atoms with van der Waals surface area (Å²) in [7, 11) is 1.93. The Balaban J connectivity index is 1.97. The van der Waals surface area contributed by atoms with Crippen LogP contribution >= 0.6 is 11.6 Å². The maximum atomic E-state index is 6.39. The van der Waals surface area contributed by atoms with Gasteiger partial charge in [-0.1, -0.05) is 29.8 Å². The highest BCUT2D eigenvalue weighted by Gasteiger charge is 2.13. The van der Waals surface area contributed by atoms with E-state index in [-0.39, 0.29) is 0 Å². The standard InChI is InChI=1S/C16H16ClNO/c1-18-10-11-2-4-14(15(17)8-11)12-3-5-16-13(9-12)6-7-19-16/h2-5,8-9,18H,6-7,10H2,1H3. The second-order valence-electron chi connectivity index (χ2n) is 4.77. The van der Waals surface area contributed by atoms with Crippen molar-refractivity contribution in [3.05, 3.63) is 52.5 Å². The molecule has 0 radical (unpaired) electrons. The second-order valence-corrected chi connectivity index (χ2v) is 5.17. The molecule has 19 heavy (non-hydrogen) atoms. The quantitative estimate of drug-likeness (QED) is 0.921. The molecule has 2 aromatic rings. The van der Waals surface area contributed by atoms with Crippen molar-refractivity contribution in [3.63, 3.8) is 0 Å². The van der Waals surface area contributed by atoms with Crippen LogP contribution in [-0.4, -0.2) is 13.7 Å². The number of nitrogens with one attached hydrogen (secondary N) is 1. The molecular formula is C16H16ClNO. The van der Waals surface area contributed by atoms with Gasteiger partial charge < -0.3 is 10.1 Å². The Bertz CT molecular complexity index is 610. The lowest BCUT2D eigenvalue weighted by Gasteiger charge is -2.09. The van der Waals surface area contributed by atoms with Gasteiger partial charge in [-0.3, -0.25) is 0 Å². The third-order valence-corrected chi connectivity index (χ3v) is 3.73. The van der Waals surface area contributed by atoms with Gasteiger partial charge in [0.15, 0.2) is 0 Å². The van der Waals surface area contributed by atoms with Crippen molar-refractivity contribution >= 4 is 11.6 Å². The summed E-state index contributed by atoms with van der Waals surface area (Å²) in [5.74, 6) is 1.01. The van der Waals surface area contributed by atoms with Crippen LogP contribution in [0.1, 0.15) is 11.1 Å². The number of hydrogen-bond donors (Lipinski definition) is 1. The van der Waals surface area contributed by atoms with Crippen LogP contribution in [0.2, 0.25) is 5.02 Å². The molecule has 1 aliphatic heterocycles. The van der Waals surface area contributed by atoms with Crippen molar-refractivity contribution in [2.24, 2.45) is 0 Å². The van der Waals surface area contributed by atoms with Crippen LogP contribution in [0, 0.1) is 0 Å². The first-order valence-corrected chi connectivity index (χ1v) is 6.85. The van der Waals surface area contributed by atoms with Crippen LogP contribution in [0.3, 0.4) is 0 Å². The van der Waals surface area contributed by atoms with E-state index < -0.39 is 0 Å². The van der Waals surface area contributed by atoms with Crippen LogP contribution in [-0.2, 0) is 13.0 Å². The van der Waals surface area contributed by atoms with Crippen LogP contribution in [0.4, 0.5) is 0 Å². The Morgan fingerprint density at radius 2 is 2.11 bits per heavy atom. The predicted molar refractivity (Wildman–Crippen MR) is 78.9 cm³/mol. The van der Waals surface area contributed by atoms with Gasteiger partial charge in [-0.15, -0.1) is 0 Å². The summed E-state index contributed by atoms with van der Waals surface area (Å²) in [5, 5.41) is 3.93. The van der Waals surface area contributed by atoms with E-state index in [1.807, 2.05) is 19.2 Å². The van der Waals surface area contributed by atoms with Gasteiger partial charge in [0.1, 0.15) is 5.75 Å². The zero-order valence-electron chi connectivity index (χ0n) is 10.9. The van der Waals surface area contributed by atoms with E-state index in [1.165, 1.54) is 11.1 Å². The molecule has 0 saturated heterocycles. The summed E-state index contributed by atoms with van der Waals surface area (Å²) in [6, 6.07) is 12.5. The number of hydrogen-bond acceptors (Lipinski definition) is 2. The van der Waals surface area contributed by atoms with Crippen molar-refractivity contribution in [2.45, 2.75) is 13.0 Å². The maximum absolute atomic E-state index is 6.39. The van der Waals surface area contributed by atoms with Gasteiger partial charge in [0.2, 0.25) is 0 Å². The predicted octanol–water partition coefficient (Wildman–Crippen LogP) is 3.66. The molecule has 0 amide bonds. The fourth-order valence-corrected chi connectivity index (χ4v) is 2.77. The zero-order chi connectivity index (χ0) is 13.2. The fraction of sp³-hybridized carbons (Fsp3) is 0.250. The van der Waals surface area contributed by atoms with E-state index in [4.69, 9.17) is 16.3 Å². The van der Waals surface area contributed by atoms with Gasteiger partial charge in [-0.25, -0.2) is 0 Å². The normalized spacial score (nSPS) is 13.2. The van der Waals surface area contributed by atoms with E-state index in [0.29, 0.717) is 0 Å². The van der Waals surface area contributed by atoms with Crippen molar-refractivity contribution in [3.8, 4) is 16.9 Å². The van der Waals surface area contributed by atoms with Gasteiger partial charge in [0.05, 0.1) is 6.61 Å². The topological polar surface area (TPSA) is 21.3 Å². The highest BCUT2D eigenvalue weighted by molar-refractivity contribution is 6.33. The molecule has 0 spiro atoms. The van der Waals surface area contributed by atoms with Gasteiger partial charge in [-0.05, 0) is 41.9 Å².